The Morgan fingerprint density at radius 1 is 0.950 bits per heavy atom. The zero-order valence-electron chi connectivity index (χ0n) is 10.3. The largest absolute Gasteiger partial charge is 0.331 e. The van der Waals surface area contributed by atoms with E-state index in [-0.39, 0.29) is 11.6 Å². The summed E-state index contributed by atoms with van der Waals surface area (Å²) >= 11 is 1.38. The van der Waals surface area contributed by atoms with Crippen molar-refractivity contribution >= 4 is 22.2 Å². The zero-order valence-corrected chi connectivity index (χ0v) is 11.1. The second kappa shape index (κ2) is 5.38. The summed E-state index contributed by atoms with van der Waals surface area (Å²) in [5.41, 5.74) is 2.03. The lowest BCUT2D eigenvalue weighted by Gasteiger charge is -2.01. The average molecular weight is 288 g/mol. The Morgan fingerprint density at radius 2 is 1.70 bits per heavy atom. The summed E-state index contributed by atoms with van der Waals surface area (Å²) in [6.45, 7) is 0. The monoisotopic (exact) mass is 288 g/mol. The summed E-state index contributed by atoms with van der Waals surface area (Å²) in [7, 11) is 0. The number of nitrogens with one attached hydrogen (secondary N) is 1. The Morgan fingerprint density at radius 3 is 2.45 bits per heavy atom. The van der Waals surface area contributed by atoms with Crippen LogP contribution in [0.25, 0.3) is 11.3 Å². The number of hydrogen-bond donors (Lipinski definition) is 1. The van der Waals surface area contributed by atoms with Crippen LogP contribution in [0, 0.1) is 11.6 Å². The maximum atomic E-state index is 13.2. The highest BCUT2D eigenvalue weighted by Crippen LogP contribution is 2.27. The minimum atomic E-state index is -0.308. The molecule has 0 fully saturated rings. The molecule has 0 radical (unpaired) electrons. The lowest BCUT2D eigenvalue weighted by molar-refractivity contribution is 0.628. The molecule has 1 N–H and O–H groups in total. The van der Waals surface area contributed by atoms with Gasteiger partial charge in [-0.05, 0) is 30.3 Å². The molecule has 0 aliphatic heterocycles. The molecule has 20 heavy (non-hydrogen) atoms. The Labute approximate surface area is 118 Å². The molecule has 3 aromatic rings. The molecular formula is C15H10F2N2S. The van der Waals surface area contributed by atoms with E-state index in [1.807, 2.05) is 5.38 Å². The van der Waals surface area contributed by atoms with Crippen LogP contribution in [0.4, 0.5) is 19.6 Å². The van der Waals surface area contributed by atoms with Gasteiger partial charge in [0.1, 0.15) is 11.6 Å². The third kappa shape index (κ3) is 2.83. The predicted molar refractivity (Wildman–Crippen MR) is 77.2 cm³/mol. The van der Waals surface area contributed by atoms with E-state index >= 15 is 0 Å². The van der Waals surface area contributed by atoms with E-state index in [0.29, 0.717) is 22.1 Å². The minimum Gasteiger partial charge on any atom is -0.331 e. The second-order valence-electron chi connectivity index (χ2n) is 4.18. The molecule has 2 nitrogen and oxygen atoms in total. The van der Waals surface area contributed by atoms with Crippen molar-refractivity contribution in [1.82, 2.24) is 4.98 Å². The molecule has 0 aliphatic rings. The molecule has 0 saturated carbocycles. The van der Waals surface area contributed by atoms with E-state index in [9.17, 15) is 8.78 Å². The van der Waals surface area contributed by atoms with Gasteiger partial charge in [0.15, 0.2) is 5.13 Å². The highest BCUT2D eigenvalue weighted by atomic mass is 32.1. The van der Waals surface area contributed by atoms with E-state index in [1.54, 1.807) is 24.3 Å². The van der Waals surface area contributed by atoms with Gasteiger partial charge in [0.2, 0.25) is 0 Å². The standard InChI is InChI=1S/C15H10F2N2S/c16-11-4-1-3-10(7-11)14-9-20-15(19-14)18-13-6-2-5-12(17)8-13/h1-9H,(H,18,19). The quantitative estimate of drug-likeness (QED) is 0.746. The molecule has 0 amide bonds. The third-order valence-corrected chi connectivity index (χ3v) is 3.46. The molecule has 3 rings (SSSR count). The third-order valence-electron chi connectivity index (χ3n) is 2.70. The first-order valence-corrected chi connectivity index (χ1v) is 6.83. The zero-order chi connectivity index (χ0) is 13.9. The van der Waals surface area contributed by atoms with Gasteiger partial charge in [0, 0.05) is 16.6 Å². The predicted octanol–water partition coefficient (Wildman–Crippen LogP) is 4.83. The van der Waals surface area contributed by atoms with Crippen LogP contribution >= 0.6 is 11.3 Å². The number of rotatable bonds is 3. The van der Waals surface area contributed by atoms with Crippen molar-refractivity contribution in [1.29, 1.82) is 0 Å². The lowest BCUT2D eigenvalue weighted by atomic mass is 10.2. The summed E-state index contributed by atoms with van der Waals surface area (Å²) in [5, 5.41) is 5.49. The number of thiazole rings is 1. The molecule has 0 aliphatic carbocycles. The Hall–Kier alpha value is -2.27. The van der Waals surface area contributed by atoms with Gasteiger partial charge in [0.25, 0.3) is 0 Å². The lowest BCUT2D eigenvalue weighted by Crippen LogP contribution is -1.90. The normalized spacial score (nSPS) is 10.5. The molecule has 0 unspecified atom stereocenters. The van der Waals surface area contributed by atoms with Gasteiger partial charge in [-0.1, -0.05) is 18.2 Å². The molecule has 0 saturated heterocycles. The molecule has 1 heterocycles. The average Bonchev–Trinajstić information content (AvgIpc) is 2.87. The minimum absolute atomic E-state index is 0.296. The van der Waals surface area contributed by atoms with Crippen molar-refractivity contribution in [2.75, 3.05) is 5.32 Å². The fourth-order valence-corrected chi connectivity index (χ4v) is 2.54. The summed E-state index contributed by atoms with van der Waals surface area (Å²) in [4.78, 5) is 4.36. The first-order valence-electron chi connectivity index (χ1n) is 5.95. The number of hydrogen-bond acceptors (Lipinski definition) is 3. The van der Waals surface area contributed by atoms with Crippen molar-refractivity contribution in [3.63, 3.8) is 0 Å². The van der Waals surface area contributed by atoms with Crippen LogP contribution in [0.5, 0.6) is 0 Å². The Balaban J connectivity index is 1.84. The maximum Gasteiger partial charge on any atom is 0.187 e. The summed E-state index contributed by atoms with van der Waals surface area (Å²) in [6, 6.07) is 12.4. The van der Waals surface area contributed by atoms with E-state index in [2.05, 4.69) is 10.3 Å². The molecule has 5 heteroatoms. The SMILES string of the molecule is Fc1cccc(Nc2nc(-c3cccc(F)c3)cs2)c1. The number of halogens is 2. The molecule has 1 aromatic heterocycles. The van der Waals surface area contributed by atoms with Crippen molar-refractivity contribution in [3.05, 3.63) is 65.5 Å². The maximum absolute atomic E-state index is 13.2. The fourth-order valence-electron chi connectivity index (χ4n) is 1.80. The van der Waals surface area contributed by atoms with Crippen molar-refractivity contribution < 1.29 is 8.78 Å². The van der Waals surface area contributed by atoms with Crippen LogP contribution in [0.15, 0.2) is 53.9 Å². The van der Waals surface area contributed by atoms with Gasteiger partial charge in [0.05, 0.1) is 5.69 Å². The molecule has 2 aromatic carbocycles. The number of nitrogens with zero attached hydrogens (tertiary/aromatic N) is 1. The van der Waals surface area contributed by atoms with Crippen molar-refractivity contribution in [2.45, 2.75) is 0 Å². The van der Waals surface area contributed by atoms with Crippen LogP contribution in [0.3, 0.4) is 0 Å². The van der Waals surface area contributed by atoms with Crippen LogP contribution < -0.4 is 5.32 Å². The molecule has 0 atom stereocenters. The van der Waals surface area contributed by atoms with E-state index < -0.39 is 0 Å². The summed E-state index contributed by atoms with van der Waals surface area (Å²) in [5.74, 6) is -0.605. The number of aromatic nitrogens is 1. The van der Waals surface area contributed by atoms with Gasteiger partial charge in [-0.2, -0.15) is 0 Å². The van der Waals surface area contributed by atoms with E-state index in [0.717, 1.165) is 0 Å². The summed E-state index contributed by atoms with van der Waals surface area (Å²) < 4.78 is 26.3. The molecule has 100 valence electrons. The van der Waals surface area contributed by atoms with Gasteiger partial charge < -0.3 is 5.32 Å². The smallest absolute Gasteiger partial charge is 0.187 e. The number of benzene rings is 2. The second-order valence-corrected chi connectivity index (χ2v) is 5.04. The first kappa shape index (κ1) is 12.7. The molecular weight excluding hydrogens is 278 g/mol. The van der Waals surface area contributed by atoms with Gasteiger partial charge in [-0.15, -0.1) is 11.3 Å². The molecule has 0 spiro atoms. The van der Waals surface area contributed by atoms with Crippen LogP contribution in [-0.2, 0) is 0 Å². The highest BCUT2D eigenvalue weighted by Gasteiger charge is 2.06. The van der Waals surface area contributed by atoms with Gasteiger partial charge >= 0.3 is 0 Å². The first-order chi connectivity index (χ1) is 9.70. The van der Waals surface area contributed by atoms with Crippen LogP contribution in [0.2, 0.25) is 0 Å². The van der Waals surface area contributed by atoms with Crippen LogP contribution in [0.1, 0.15) is 0 Å². The highest BCUT2D eigenvalue weighted by molar-refractivity contribution is 7.14. The molecule has 0 bridgehead atoms. The Bertz CT molecular complexity index is 740. The van der Waals surface area contributed by atoms with Crippen molar-refractivity contribution in [2.24, 2.45) is 0 Å². The van der Waals surface area contributed by atoms with E-state index in [1.165, 1.54) is 35.6 Å². The van der Waals surface area contributed by atoms with E-state index in [4.69, 9.17) is 0 Å². The number of anilines is 2. The van der Waals surface area contributed by atoms with Gasteiger partial charge in [-0.25, -0.2) is 13.8 Å². The Kier molecular flexibility index (Phi) is 3.43. The van der Waals surface area contributed by atoms with Gasteiger partial charge in [-0.3, -0.25) is 0 Å². The summed E-state index contributed by atoms with van der Waals surface area (Å²) in [6.07, 6.45) is 0. The fraction of sp³-hybridized carbons (Fsp3) is 0. The van der Waals surface area contributed by atoms with Crippen molar-refractivity contribution in [3.8, 4) is 11.3 Å². The topological polar surface area (TPSA) is 24.9 Å². The van der Waals surface area contributed by atoms with Crippen LogP contribution in [-0.4, -0.2) is 4.98 Å².